The molecule has 0 aliphatic carbocycles. The molecule has 0 amide bonds. The van der Waals surface area contributed by atoms with E-state index in [9.17, 15) is 14.4 Å². The van der Waals surface area contributed by atoms with Gasteiger partial charge in [0.15, 0.2) is 11.5 Å². The average Bonchev–Trinajstić information content (AvgIpc) is 2.63. The largest absolute Gasteiger partial charge is 0.481 e. The van der Waals surface area contributed by atoms with E-state index < -0.39 is 17.2 Å². The molecule has 2 N–H and O–H groups in total. The molecule has 2 aliphatic rings. The Labute approximate surface area is 167 Å². The number of carboxylic acid groups (broad SMARTS) is 1. The van der Waals surface area contributed by atoms with Crippen LogP contribution in [0.3, 0.4) is 0 Å². The molecule has 0 saturated carbocycles. The van der Waals surface area contributed by atoms with Gasteiger partial charge in [0.05, 0.1) is 11.0 Å². The first-order valence-electron chi connectivity index (χ1n) is 9.62. The normalized spacial score (nSPS) is 11.3. The van der Waals surface area contributed by atoms with Crippen LogP contribution in [0.1, 0.15) is 37.7 Å². The predicted molar refractivity (Wildman–Crippen MR) is 111 cm³/mol. The second-order valence-electron chi connectivity index (χ2n) is 7.39. The Bertz CT molecular complexity index is 1130. The summed E-state index contributed by atoms with van der Waals surface area (Å²) in [5, 5.41) is 8.74. The van der Waals surface area contributed by atoms with Crippen molar-refractivity contribution in [2.75, 3.05) is 19.0 Å². The van der Waals surface area contributed by atoms with Gasteiger partial charge in [-0.2, -0.15) is 4.98 Å². The third-order valence-corrected chi connectivity index (χ3v) is 4.93. The molecule has 9 heteroatoms. The number of hydrogen-bond acceptors (Lipinski definition) is 6. The van der Waals surface area contributed by atoms with Crippen molar-refractivity contribution in [2.45, 2.75) is 45.6 Å². The molecule has 0 fully saturated rings. The third kappa shape index (κ3) is 4.44. The Morgan fingerprint density at radius 3 is 2.55 bits per heavy atom. The number of hydrogen-bond donors (Lipinski definition) is 2. The highest BCUT2D eigenvalue weighted by Gasteiger charge is 2.19. The minimum absolute atomic E-state index is 0.139. The molecular formula is C20H25N5O4. The number of carbonyl (C=O) groups is 1. The molecular weight excluding hydrogens is 374 g/mol. The Kier molecular flexibility index (Phi) is 5.95. The highest BCUT2D eigenvalue weighted by molar-refractivity contribution is 5.84. The average molecular weight is 399 g/mol. The second kappa shape index (κ2) is 8.42. The van der Waals surface area contributed by atoms with Gasteiger partial charge in [-0.3, -0.25) is 14.6 Å². The van der Waals surface area contributed by atoms with Gasteiger partial charge < -0.3 is 14.6 Å². The van der Waals surface area contributed by atoms with Crippen LogP contribution in [-0.4, -0.2) is 44.7 Å². The quantitative estimate of drug-likeness (QED) is 0.439. The van der Waals surface area contributed by atoms with E-state index in [2.05, 4.69) is 15.0 Å². The molecule has 1 aromatic carbocycles. The maximum absolute atomic E-state index is 12.3. The van der Waals surface area contributed by atoms with Crippen LogP contribution in [0.25, 0.3) is 22.6 Å². The molecule has 2 heterocycles. The molecule has 0 unspecified atom stereocenters. The summed E-state index contributed by atoms with van der Waals surface area (Å²) in [6.45, 7) is 2.53. The molecule has 0 aromatic heterocycles. The van der Waals surface area contributed by atoms with Gasteiger partial charge >= 0.3 is 11.7 Å². The van der Waals surface area contributed by atoms with E-state index in [1.807, 2.05) is 42.6 Å². The summed E-state index contributed by atoms with van der Waals surface area (Å²) >= 11 is 0. The Morgan fingerprint density at radius 2 is 1.86 bits per heavy atom. The van der Waals surface area contributed by atoms with E-state index in [0.717, 1.165) is 36.0 Å². The van der Waals surface area contributed by atoms with Crippen LogP contribution in [0.15, 0.2) is 21.7 Å². The second-order valence-corrected chi connectivity index (χ2v) is 7.39. The molecule has 9 nitrogen and oxygen atoms in total. The lowest BCUT2D eigenvalue weighted by atomic mass is 10.1. The number of benzene rings is 1. The summed E-state index contributed by atoms with van der Waals surface area (Å²) in [6.07, 6.45) is 3.20. The van der Waals surface area contributed by atoms with Crippen molar-refractivity contribution in [3.8, 4) is 11.5 Å². The van der Waals surface area contributed by atoms with Gasteiger partial charge in [-0.25, -0.2) is 9.78 Å². The van der Waals surface area contributed by atoms with Gasteiger partial charge in [-0.05, 0) is 37.5 Å². The van der Waals surface area contributed by atoms with Crippen molar-refractivity contribution in [2.24, 2.45) is 0 Å². The minimum atomic E-state index is -0.788. The van der Waals surface area contributed by atoms with Crippen LogP contribution in [0.4, 0.5) is 5.69 Å². The number of rotatable bonds is 8. The summed E-state index contributed by atoms with van der Waals surface area (Å²) in [7, 11) is 3.91. The van der Waals surface area contributed by atoms with Crippen LogP contribution in [0.5, 0.6) is 0 Å². The molecule has 2 aliphatic heterocycles. The molecule has 3 rings (SSSR count). The SMILES string of the molecule is Cc1cc2nc3c(=O)[nH]c(=O)nc-3n(CCCCCCC(=O)O)c2cc1N(C)C. The van der Waals surface area contributed by atoms with Gasteiger partial charge in [-0.15, -0.1) is 0 Å². The zero-order valence-corrected chi connectivity index (χ0v) is 16.9. The lowest BCUT2D eigenvalue weighted by Crippen LogP contribution is -2.29. The fourth-order valence-corrected chi connectivity index (χ4v) is 3.54. The van der Waals surface area contributed by atoms with Crippen molar-refractivity contribution in [1.29, 1.82) is 0 Å². The Morgan fingerprint density at radius 1 is 1.14 bits per heavy atom. The maximum Gasteiger partial charge on any atom is 0.349 e. The van der Waals surface area contributed by atoms with Gasteiger partial charge in [0.25, 0.3) is 5.56 Å². The Balaban J connectivity index is 2.05. The monoisotopic (exact) mass is 399 g/mol. The van der Waals surface area contributed by atoms with Crippen LogP contribution in [0, 0.1) is 6.92 Å². The summed E-state index contributed by atoms with van der Waals surface area (Å²) < 4.78 is 1.87. The molecule has 0 spiro atoms. The first kappa shape index (κ1) is 20.5. The highest BCUT2D eigenvalue weighted by atomic mass is 16.4. The fourth-order valence-electron chi connectivity index (χ4n) is 3.54. The van der Waals surface area contributed by atoms with E-state index in [1.165, 1.54) is 0 Å². The number of aliphatic carboxylic acids is 1. The molecule has 0 saturated heterocycles. The first-order chi connectivity index (χ1) is 13.8. The molecule has 0 bridgehead atoms. The van der Waals surface area contributed by atoms with Crippen molar-refractivity contribution >= 4 is 22.7 Å². The third-order valence-electron chi connectivity index (χ3n) is 4.93. The van der Waals surface area contributed by atoms with Crippen LogP contribution < -0.4 is 16.1 Å². The van der Waals surface area contributed by atoms with Gasteiger partial charge in [0.2, 0.25) is 0 Å². The lowest BCUT2D eigenvalue weighted by molar-refractivity contribution is -0.137. The van der Waals surface area contributed by atoms with Gasteiger partial charge in [0, 0.05) is 32.7 Å². The van der Waals surface area contributed by atoms with E-state index in [4.69, 9.17) is 5.11 Å². The first-order valence-corrected chi connectivity index (χ1v) is 9.62. The number of unbranched alkanes of at least 4 members (excludes halogenated alkanes) is 3. The van der Waals surface area contributed by atoms with Crippen molar-refractivity contribution < 1.29 is 9.90 Å². The molecule has 0 atom stereocenters. The molecule has 154 valence electrons. The summed E-state index contributed by atoms with van der Waals surface area (Å²) in [4.78, 5) is 47.4. The zero-order chi connectivity index (χ0) is 21.1. The lowest BCUT2D eigenvalue weighted by Gasteiger charge is -2.21. The number of nitrogens with zero attached hydrogens (tertiary/aromatic N) is 4. The minimum Gasteiger partial charge on any atom is -0.481 e. The van der Waals surface area contributed by atoms with Gasteiger partial charge in [0.1, 0.15) is 0 Å². The number of carboxylic acids is 1. The Hall–Kier alpha value is -3.23. The smallest absolute Gasteiger partial charge is 0.349 e. The number of aryl methyl sites for hydroxylation is 2. The fraction of sp³-hybridized carbons (Fsp3) is 0.450. The van der Waals surface area contributed by atoms with E-state index in [0.29, 0.717) is 18.5 Å². The van der Waals surface area contributed by atoms with E-state index >= 15 is 0 Å². The summed E-state index contributed by atoms with van der Waals surface area (Å²) in [6, 6.07) is 3.92. The van der Waals surface area contributed by atoms with E-state index in [1.54, 1.807) is 0 Å². The molecule has 29 heavy (non-hydrogen) atoms. The van der Waals surface area contributed by atoms with Crippen molar-refractivity contribution in [3.63, 3.8) is 0 Å². The number of nitrogens with one attached hydrogen (secondary N) is 1. The molecule has 0 radical (unpaired) electrons. The number of aromatic amines is 1. The standard InChI is InChI=1S/C20H25N5O4/c1-12-10-13-15(11-14(12)24(2)3)25(9-7-5-4-6-8-16(26)27)18-17(21-13)19(28)23-20(29)22-18/h10-11H,4-9H2,1-3H3,(H,26,27)(H,23,28,29). The molecule has 1 aromatic rings. The van der Waals surface area contributed by atoms with E-state index in [-0.39, 0.29) is 17.9 Å². The summed E-state index contributed by atoms with van der Waals surface area (Å²) in [5.41, 5.74) is 2.40. The number of fused-ring (bicyclic) bond motifs is 2. The van der Waals surface area contributed by atoms with Gasteiger partial charge in [-0.1, -0.05) is 12.8 Å². The zero-order valence-electron chi connectivity index (χ0n) is 16.9. The highest BCUT2D eigenvalue weighted by Crippen LogP contribution is 2.28. The van der Waals surface area contributed by atoms with Crippen molar-refractivity contribution in [1.82, 2.24) is 19.5 Å². The summed E-state index contributed by atoms with van der Waals surface area (Å²) in [5.74, 6) is -0.520. The van der Waals surface area contributed by atoms with Crippen LogP contribution in [-0.2, 0) is 11.3 Å². The maximum atomic E-state index is 12.3. The van der Waals surface area contributed by atoms with Crippen molar-refractivity contribution in [3.05, 3.63) is 38.5 Å². The van der Waals surface area contributed by atoms with Crippen LogP contribution >= 0.6 is 0 Å². The predicted octanol–water partition coefficient (Wildman–Crippen LogP) is 1.99. The topological polar surface area (TPSA) is 121 Å². The van der Waals surface area contributed by atoms with Crippen LogP contribution in [0.2, 0.25) is 0 Å². The number of anilines is 1. The number of aromatic nitrogens is 4. The number of H-pyrrole nitrogens is 1.